The van der Waals surface area contributed by atoms with Gasteiger partial charge in [0.05, 0.1) is 6.54 Å². The Balaban J connectivity index is 3.83. The zero-order chi connectivity index (χ0) is 15.1. The molecule has 0 aliphatic rings. The summed E-state index contributed by atoms with van der Waals surface area (Å²) < 4.78 is 0. The van der Waals surface area contributed by atoms with Crippen LogP contribution in [0.25, 0.3) is 0 Å². The van der Waals surface area contributed by atoms with Crippen molar-refractivity contribution in [2.45, 2.75) is 39.2 Å². The number of carboxylic acid groups (broad SMARTS) is 1. The maximum absolute atomic E-state index is 11.3. The lowest BCUT2D eigenvalue weighted by atomic mass is 10.1. The third kappa shape index (κ3) is 8.15. The summed E-state index contributed by atoms with van der Waals surface area (Å²) >= 11 is 0. The second-order valence-corrected chi connectivity index (χ2v) is 5.05. The first-order valence-corrected chi connectivity index (χ1v) is 6.14. The SMILES string of the molecule is CC(C)CC(=O)NCCC(=O)NCC(C)(O)C(=O)O. The van der Waals surface area contributed by atoms with E-state index >= 15 is 0 Å². The second-order valence-electron chi connectivity index (χ2n) is 5.05. The van der Waals surface area contributed by atoms with E-state index in [0.717, 1.165) is 6.92 Å². The molecule has 1 unspecified atom stereocenters. The van der Waals surface area contributed by atoms with Gasteiger partial charge in [-0.25, -0.2) is 4.79 Å². The average molecular weight is 274 g/mol. The number of aliphatic hydroxyl groups is 1. The summed E-state index contributed by atoms with van der Waals surface area (Å²) in [5, 5.41) is 22.9. The molecule has 0 bridgehead atoms. The van der Waals surface area contributed by atoms with Crippen molar-refractivity contribution in [1.29, 1.82) is 0 Å². The molecule has 0 fully saturated rings. The van der Waals surface area contributed by atoms with Crippen molar-refractivity contribution < 1.29 is 24.6 Å². The van der Waals surface area contributed by atoms with Crippen LogP contribution in [0.5, 0.6) is 0 Å². The summed E-state index contributed by atoms with van der Waals surface area (Å²) in [7, 11) is 0. The smallest absolute Gasteiger partial charge is 0.337 e. The number of aliphatic carboxylic acids is 1. The van der Waals surface area contributed by atoms with Gasteiger partial charge in [-0.1, -0.05) is 13.8 Å². The molecule has 0 heterocycles. The highest BCUT2D eigenvalue weighted by atomic mass is 16.4. The van der Waals surface area contributed by atoms with E-state index < -0.39 is 17.5 Å². The first-order valence-electron chi connectivity index (χ1n) is 6.14. The van der Waals surface area contributed by atoms with Crippen molar-refractivity contribution in [1.82, 2.24) is 10.6 Å². The van der Waals surface area contributed by atoms with E-state index in [0.29, 0.717) is 6.42 Å². The van der Waals surface area contributed by atoms with Gasteiger partial charge >= 0.3 is 5.97 Å². The summed E-state index contributed by atoms with van der Waals surface area (Å²) in [5.41, 5.74) is -1.99. The van der Waals surface area contributed by atoms with Gasteiger partial charge in [0.1, 0.15) is 0 Å². The van der Waals surface area contributed by atoms with Gasteiger partial charge in [-0.2, -0.15) is 0 Å². The van der Waals surface area contributed by atoms with Gasteiger partial charge < -0.3 is 20.8 Å². The van der Waals surface area contributed by atoms with Crippen LogP contribution >= 0.6 is 0 Å². The predicted octanol–water partition coefficient (Wildman–Crippen LogP) is -0.509. The van der Waals surface area contributed by atoms with Gasteiger partial charge in [-0.3, -0.25) is 9.59 Å². The quantitative estimate of drug-likeness (QED) is 0.476. The fourth-order valence-corrected chi connectivity index (χ4v) is 1.19. The first-order chi connectivity index (χ1) is 8.65. The van der Waals surface area contributed by atoms with Gasteiger partial charge in [0.25, 0.3) is 0 Å². The normalized spacial score (nSPS) is 13.7. The summed E-state index contributed by atoms with van der Waals surface area (Å²) in [5.74, 6) is -1.70. The first kappa shape index (κ1) is 17.4. The third-order valence-corrected chi connectivity index (χ3v) is 2.36. The predicted molar refractivity (Wildman–Crippen MR) is 68.4 cm³/mol. The van der Waals surface area contributed by atoms with Crippen LogP contribution in [0.4, 0.5) is 0 Å². The topological polar surface area (TPSA) is 116 Å². The van der Waals surface area contributed by atoms with Crippen LogP contribution in [0, 0.1) is 5.92 Å². The Morgan fingerprint density at radius 1 is 1.16 bits per heavy atom. The van der Waals surface area contributed by atoms with Crippen LogP contribution in [0.3, 0.4) is 0 Å². The molecule has 0 spiro atoms. The number of hydrogen-bond donors (Lipinski definition) is 4. The van der Waals surface area contributed by atoms with Crippen LogP contribution in [0.2, 0.25) is 0 Å². The van der Waals surface area contributed by atoms with Gasteiger partial charge in [-0.05, 0) is 12.8 Å². The highest BCUT2D eigenvalue weighted by Crippen LogP contribution is 2.01. The Morgan fingerprint density at radius 2 is 1.74 bits per heavy atom. The highest BCUT2D eigenvalue weighted by Gasteiger charge is 2.30. The molecule has 0 aromatic rings. The van der Waals surface area contributed by atoms with E-state index in [9.17, 15) is 19.5 Å². The van der Waals surface area contributed by atoms with Crippen LogP contribution in [0.1, 0.15) is 33.6 Å². The molecule has 0 aliphatic carbocycles. The van der Waals surface area contributed by atoms with Crippen molar-refractivity contribution in [3.63, 3.8) is 0 Å². The Hall–Kier alpha value is -1.63. The van der Waals surface area contributed by atoms with Crippen LogP contribution in [0.15, 0.2) is 0 Å². The lowest BCUT2D eigenvalue weighted by Gasteiger charge is -2.18. The van der Waals surface area contributed by atoms with Gasteiger partial charge in [0.2, 0.25) is 11.8 Å². The Morgan fingerprint density at radius 3 is 2.21 bits per heavy atom. The van der Waals surface area contributed by atoms with Crippen molar-refractivity contribution in [3.8, 4) is 0 Å². The molecule has 7 heteroatoms. The van der Waals surface area contributed by atoms with Crippen LogP contribution < -0.4 is 10.6 Å². The summed E-state index contributed by atoms with van der Waals surface area (Å²) in [4.78, 5) is 33.2. The molecule has 0 radical (unpaired) electrons. The number of amides is 2. The molecule has 7 nitrogen and oxygen atoms in total. The molecule has 0 aromatic carbocycles. The van der Waals surface area contributed by atoms with Crippen molar-refractivity contribution in [2.24, 2.45) is 5.92 Å². The number of nitrogens with one attached hydrogen (secondary N) is 2. The van der Waals surface area contributed by atoms with E-state index in [1.54, 1.807) is 0 Å². The molecule has 1 atom stereocenters. The summed E-state index contributed by atoms with van der Waals surface area (Å²) in [6.45, 7) is 4.74. The van der Waals surface area contributed by atoms with E-state index in [1.807, 2.05) is 13.8 Å². The Labute approximate surface area is 112 Å². The summed E-state index contributed by atoms with van der Waals surface area (Å²) in [6.07, 6.45) is 0.439. The standard InChI is InChI=1S/C12H22N2O5/c1-8(2)6-10(16)13-5-4-9(15)14-7-12(3,19)11(17)18/h8,19H,4-7H2,1-3H3,(H,13,16)(H,14,15)(H,17,18). The average Bonchev–Trinajstić information content (AvgIpc) is 2.25. The molecule has 2 amide bonds. The minimum Gasteiger partial charge on any atom is -0.479 e. The highest BCUT2D eigenvalue weighted by molar-refractivity contribution is 5.81. The minimum atomic E-state index is -1.99. The lowest BCUT2D eigenvalue weighted by molar-refractivity contribution is -0.156. The van der Waals surface area contributed by atoms with Gasteiger partial charge in [0, 0.05) is 19.4 Å². The monoisotopic (exact) mass is 274 g/mol. The van der Waals surface area contributed by atoms with Crippen LogP contribution in [-0.4, -0.2) is 46.7 Å². The molecular weight excluding hydrogens is 252 g/mol. The van der Waals surface area contributed by atoms with E-state index in [1.165, 1.54) is 0 Å². The van der Waals surface area contributed by atoms with Gasteiger partial charge in [-0.15, -0.1) is 0 Å². The van der Waals surface area contributed by atoms with E-state index in [4.69, 9.17) is 5.11 Å². The maximum atomic E-state index is 11.3. The molecule has 0 rings (SSSR count). The van der Waals surface area contributed by atoms with Gasteiger partial charge in [0.15, 0.2) is 5.60 Å². The zero-order valence-electron chi connectivity index (χ0n) is 11.5. The molecule has 0 aromatic heterocycles. The lowest BCUT2D eigenvalue weighted by Crippen LogP contribution is -2.47. The summed E-state index contributed by atoms with van der Waals surface area (Å²) in [6, 6.07) is 0. The Bertz CT molecular complexity index is 339. The Kier molecular flexibility index (Phi) is 7.06. The minimum absolute atomic E-state index is 0.0412. The maximum Gasteiger partial charge on any atom is 0.337 e. The number of rotatable bonds is 8. The number of carbonyl (C=O) groups excluding carboxylic acids is 2. The van der Waals surface area contributed by atoms with Crippen LogP contribution in [-0.2, 0) is 14.4 Å². The zero-order valence-corrected chi connectivity index (χ0v) is 11.5. The molecule has 0 saturated heterocycles. The molecule has 0 aliphatic heterocycles. The van der Waals surface area contributed by atoms with Crippen molar-refractivity contribution in [2.75, 3.05) is 13.1 Å². The molecule has 0 saturated carbocycles. The fourth-order valence-electron chi connectivity index (χ4n) is 1.19. The number of hydrogen-bond acceptors (Lipinski definition) is 4. The molecule has 19 heavy (non-hydrogen) atoms. The van der Waals surface area contributed by atoms with E-state index in [2.05, 4.69) is 10.6 Å². The van der Waals surface area contributed by atoms with Crippen molar-refractivity contribution >= 4 is 17.8 Å². The third-order valence-electron chi connectivity index (χ3n) is 2.36. The molecular formula is C12H22N2O5. The molecule has 110 valence electrons. The van der Waals surface area contributed by atoms with Crippen molar-refractivity contribution in [3.05, 3.63) is 0 Å². The van der Waals surface area contributed by atoms with E-state index in [-0.39, 0.29) is 31.3 Å². The fraction of sp³-hybridized carbons (Fsp3) is 0.750. The number of carbonyl (C=O) groups is 3. The number of carboxylic acids is 1. The molecule has 4 N–H and O–H groups in total. The second kappa shape index (κ2) is 7.73. The largest absolute Gasteiger partial charge is 0.479 e.